The fourth-order valence-corrected chi connectivity index (χ4v) is 2.68. The van der Waals surface area contributed by atoms with Gasteiger partial charge in [-0.15, -0.1) is 0 Å². The molecule has 0 radical (unpaired) electrons. The molecule has 0 saturated heterocycles. The van der Waals surface area contributed by atoms with Gasteiger partial charge in [-0.1, -0.05) is 13.8 Å². The Morgan fingerprint density at radius 2 is 2.15 bits per heavy atom. The Balaban J connectivity index is 1.94. The molecule has 0 bridgehead atoms. The average Bonchev–Trinajstić information content (AvgIpc) is 2.91. The number of anilines is 1. The van der Waals surface area contributed by atoms with Gasteiger partial charge in [0.1, 0.15) is 5.82 Å². The number of thiophene rings is 1. The molecule has 0 atom stereocenters. The molecule has 4 heteroatoms. The molecule has 2 aromatic heterocycles. The van der Waals surface area contributed by atoms with Crippen molar-refractivity contribution in [3.05, 3.63) is 46.3 Å². The van der Waals surface area contributed by atoms with Crippen molar-refractivity contribution in [1.29, 1.82) is 0 Å². The molecule has 0 amide bonds. The highest BCUT2D eigenvalue weighted by Crippen LogP contribution is 2.15. The predicted octanol–water partition coefficient (Wildman–Crippen LogP) is 3.53. The number of hydrogen-bond donors (Lipinski definition) is 1. The maximum absolute atomic E-state index is 4.46. The van der Waals surface area contributed by atoms with Crippen molar-refractivity contribution in [3.63, 3.8) is 0 Å². The van der Waals surface area contributed by atoms with Crippen LogP contribution in [0.1, 0.15) is 25.0 Å². The highest BCUT2D eigenvalue weighted by Gasteiger charge is 2.05. The Kier molecular flexibility index (Phi) is 5.56. The first-order valence-corrected chi connectivity index (χ1v) is 7.97. The summed E-state index contributed by atoms with van der Waals surface area (Å²) in [5.41, 5.74) is 2.62. The lowest BCUT2D eigenvalue weighted by Gasteiger charge is -2.18. The van der Waals surface area contributed by atoms with E-state index in [-0.39, 0.29) is 0 Å². The van der Waals surface area contributed by atoms with Gasteiger partial charge in [-0.3, -0.25) is 0 Å². The van der Waals surface area contributed by atoms with Crippen molar-refractivity contribution < 1.29 is 0 Å². The summed E-state index contributed by atoms with van der Waals surface area (Å²) in [7, 11) is 2.09. The van der Waals surface area contributed by atoms with Crippen LogP contribution in [-0.2, 0) is 13.1 Å². The van der Waals surface area contributed by atoms with Crippen molar-refractivity contribution in [2.75, 3.05) is 18.5 Å². The van der Waals surface area contributed by atoms with Crippen LogP contribution in [0.25, 0.3) is 0 Å². The summed E-state index contributed by atoms with van der Waals surface area (Å²) in [6.07, 6.45) is 1.89. The van der Waals surface area contributed by atoms with Crippen molar-refractivity contribution >= 4 is 17.2 Å². The van der Waals surface area contributed by atoms with Crippen molar-refractivity contribution in [1.82, 2.24) is 10.3 Å². The molecule has 0 unspecified atom stereocenters. The van der Waals surface area contributed by atoms with Gasteiger partial charge < -0.3 is 10.2 Å². The highest BCUT2D eigenvalue weighted by atomic mass is 32.1. The van der Waals surface area contributed by atoms with E-state index in [0.29, 0.717) is 5.92 Å². The van der Waals surface area contributed by atoms with E-state index in [2.05, 4.69) is 65.1 Å². The van der Waals surface area contributed by atoms with Gasteiger partial charge in [0.25, 0.3) is 0 Å². The van der Waals surface area contributed by atoms with E-state index in [1.807, 2.05) is 6.20 Å². The SMILES string of the molecule is CC(C)CNCc1ccnc(N(C)Cc2ccsc2)c1. The first kappa shape index (κ1) is 15.0. The van der Waals surface area contributed by atoms with Crippen LogP contribution in [0.15, 0.2) is 35.2 Å². The molecule has 0 fully saturated rings. The fourth-order valence-electron chi connectivity index (χ4n) is 2.02. The van der Waals surface area contributed by atoms with E-state index in [9.17, 15) is 0 Å². The lowest BCUT2D eigenvalue weighted by atomic mass is 10.2. The molecule has 0 spiro atoms. The summed E-state index contributed by atoms with van der Waals surface area (Å²) in [6.45, 7) is 7.29. The molecular weight excluding hydrogens is 266 g/mol. The minimum atomic E-state index is 0.678. The van der Waals surface area contributed by atoms with Crippen molar-refractivity contribution in [3.8, 4) is 0 Å². The Hall–Kier alpha value is -1.39. The zero-order valence-corrected chi connectivity index (χ0v) is 13.3. The van der Waals surface area contributed by atoms with Gasteiger partial charge in [-0.2, -0.15) is 11.3 Å². The summed E-state index contributed by atoms with van der Waals surface area (Å²) < 4.78 is 0. The lowest BCUT2D eigenvalue weighted by Crippen LogP contribution is -2.20. The molecule has 2 rings (SSSR count). The van der Waals surface area contributed by atoms with Gasteiger partial charge in [-0.05, 0) is 52.5 Å². The van der Waals surface area contributed by atoms with Gasteiger partial charge in [0.05, 0.1) is 0 Å². The van der Waals surface area contributed by atoms with Crippen LogP contribution >= 0.6 is 11.3 Å². The Morgan fingerprint density at radius 1 is 1.30 bits per heavy atom. The largest absolute Gasteiger partial charge is 0.355 e. The average molecular weight is 289 g/mol. The third kappa shape index (κ3) is 4.62. The van der Waals surface area contributed by atoms with Crippen LogP contribution in [0.4, 0.5) is 5.82 Å². The van der Waals surface area contributed by atoms with E-state index in [0.717, 1.165) is 25.5 Å². The summed E-state index contributed by atoms with van der Waals surface area (Å²) in [6, 6.07) is 6.41. The van der Waals surface area contributed by atoms with Crippen LogP contribution in [0.5, 0.6) is 0 Å². The molecule has 0 aliphatic heterocycles. The molecule has 2 heterocycles. The number of nitrogens with one attached hydrogen (secondary N) is 1. The molecular formula is C16H23N3S. The number of rotatable bonds is 7. The van der Waals surface area contributed by atoms with Crippen molar-refractivity contribution in [2.45, 2.75) is 26.9 Å². The second-order valence-electron chi connectivity index (χ2n) is 5.53. The van der Waals surface area contributed by atoms with E-state index >= 15 is 0 Å². The lowest BCUT2D eigenvalue weighted by molar-refractivity contribution is 0.552. The fraction of sp³-hybridized carbons (Fsp3) is 0.438. The first-order valence-electron chi connectivity index (χ1n) is 7.03. The summed E-state index contributed by atoms with van der Waals surface area (Å²) >= 11 is 1.74. The van der Waals surface area contributed by atoms with Gasteiger partial charge in [0.15, 0.2) is 0 Å². The third-order valence-electron chi connectivity index (χ3n) is 3.08. The van der Waals surface area contributed by atoms with Crippen LogP contribution < -0.4 is 10.2 Å². The van der Waals surface area contributed by atoms with E-state index in [1.54, 1.807) is 11.3 Å². The van der Waals surface area contributed by atoms with E-state index < -0.39 is 0 Å². The van der Waals surface area contributed by atoms with Gasteiger partial charge in [0, 0.05) is 26.3 Å². The number of hydrogen-bond acceptors (Lipinski definition) is 4. The molecule has 0 aliphatic rings. The van der Waals surface area contributed by atoms with E-state index in [4.69, 9.17) is 0 Å². The van der Waals surface area contributed by atoms with Crippen LogP contribution in [0.3, 0.4) is 0 Å². The topological polar surface area (TPSA) is 28.2 Å². The van der Waals surface area contributed by atoms with E-state index in [1.165, 1.54) is 11.1 Å². The normalized spacial score (nSPS) is 11.0. The Labute approximate surface area is 125 Å². The molecule has 0 aromatic carbocycles. The number of aromatic nitrogens is 1. The molecule has 108 valence electrons. The standard InChI is InChI=1S/C16H23N3S/c1-13(2)9-17-10-14-4-6-18-16(8-14)19(3)11-15-5-7-20-12-15/h4-8,12-13,17H,9-11H2,1-3H3. The Morgan fingerprint density at radius 3 is 2.85 bits per heavy atom. The second-order valence-corrected chi connectivity index (χ2v) is 6.31. The highest BCUT2D eigenvalue weighted by molar-refractivity contribution is 7.07. The van der Waals surface area contributed by atoms with Gasteiger partial charge in [0.2, 0.25) is 0 Å². The summed E-state index contributed by atoms with van der Waals surface area (Å²) in [5, 5.41) is 7.77. The number of nitrogens with zero attached hydrogens (tertiary/aromatic N) is 2. The smallest absolute Gasteiger partial charge is 0.128 e. The maximum Gasteiger partial charge on any atom is 0.128 e. The molecule has 2 aromatic rings. The molecule has 1 N–H and O–H groups in total. The van der Waals surface area contributed by atoms with Crippen LogP contribution in [-0.4, -0.2) is 18.6 Å². The number of pyridine rings is 1. The molecule has 0 aliphatic carbocycles. The Bertz CT molecular complexity index is 508. The summed E-state index contributed by atoms with van der Waals surface area (Å²) in [4.78, 5) is 6.65. The van der Waals surface area contributed by atoms with Crippen LogP contribution in [0, 0.1) is 5.92 Å². The molecule has 20 heavy (non-hydrogen) atoms. The maximum atomic E-state index is 4.46. The first-order chi connectivity index (χ1) is 9.65. The van der Waals surface area contributed by atoms with Gasteiger partial charge in [-0.25, -0.2) is 4.98 Å². The second kappa shape index (κ2) is 7.41. The predicted molar refractivity (Wildman–Crippen MR) is 87.2 cm³/mol. The monoisotopic (exact) mass is 289 g/mol. The zero-order valence-electron chi connectivity index (χ0n) is 12.5. The summed E-state index contributed by atoms with van der Waals surface area (Å²) in [5.74, 6) is 1.71. The molecule has 3 nitrogen and oxygen atoms in total. The quantitative estimate of drug-likeness (QED) is 0.845. The minimum absolute atomic E-state index is 0.678. The third-order valence-corrected chi connectivity index (χ3v) is 3.81. The van der Waals surface area contributed by atoms with Gasteiger partial charge >= 0.3 is 0 Å². The van der Waals surface area contributed by atoms with Crippen molar-refractivity contribution in [2.24, 2.45) is 5.92 Å². The minimum Gasteiger partial charge on any atom is -0.355 e. The zero-order chi connectivity index (χ0) is 14.4. The molecule has 0 saturated carbocycles. The van der Waals surface area contributed by atoms with Crippen LogP contribution in [0.2, 0.25) is 0 Å².